The number of fused-ring (bicyclic) bond motifs is 5. The maximum atomic E-state index is 9.77. The summed E-state index contributed by atoms with van der Waals surface area (Å²) in [6.07, 6.45) is 7.75. The van der Waals surface area contributed by atoms with E-state index < -0.39 is 0 Å². The normalized spacial score (nSPS) is 20.2. The summed E-state index contributed by atoms with van der Waals surface area (Å²) in [7, 11) is 1.90. The molecule has 11 heteroatoms. The zero-order valence-corrected chi connectivity index (χ0v) is 21.5. The molecule has 196 valence electrons. The summed E-state index contributed by atoms with van der Waals surface area (Å²) in [5.74, 6) is 1.11. The Kier molecular flexibility index (Phi) is 6.35. The van der Waals surface area contributed by atoms with Crippen molar-refractivity contribution in [3.05, 3.63) is 41.3 Å². The molecule has 0 amide bonds. The number of nitrogens with one attached hydrogen (secondary N) is 1. The summed E-state index contributed by atoms with van der Waals surface area (Å²) in [5.41, 5.74) is 5.32. The zero-order valence-electron chi connectivity index (χ0n) is 21.5. The van der Waals surface area contributed by atoms with Crippen LogP contribution in [0.2, 0.25) is 0 Å². The first kappa shape index (κ1) is 24.2. The Morgan fingerprint density at radius 3 is 3.05 bits per heavy atom. The zero-order chi connectivity index (χ0) is 26.2. The van der Waals surface area contributed by atoms with Crippen molar-refractivity contribution in [1.29, 1.82) is 5.26 Å². The third-order valence-corrected chi connectivity index (χ3v) is 7.45. The van der Waals surface area contributed by atoms with E-state index in [-0.39, 0.29) is 25.4 Å². The van der Waals surface area contributed by atoms with Gasteiger partial charge in [0.2, 0.25) is 11.8 Å². The predicted octanol–water partition coefficient (Wildman–Crippen LogP) is 2.97. The van der Waals surface area contributed by atoms with Crippen molar-refractivity contribution in [3.8, 4) is 29.0 Å². The molecule has 11 nitrogen and oxygen atoms in total. The van der Waals surface area contributed by atoms with Gasteiger partial charge in [-0.25, -0.2) is 4.68 Å². The minimum absolute atomic E-state index is 0.0598. The van der Waals surface area contributed by atoms with Gasteiger partial charge in [-0.3, -0.25) is 14.7 Å². The number of H-pyrrole nitrogens is 1. The van der Waals surface area contributed by atoms with Gasteiger partial charge < -0.3 is 14.6 Å². The summed E-state index contributed by atoms with van der Waals surface area (Å²) >= 11 is 0. The molecule has 2 atom stereocenters. The average Bonchev–Trinajstić information content (AvgIpc) is 3.69. The van der Waals surface area contributed by atoms with Crippen LogP contribution in [0.25, 0.3) is 34.2 Å². The number of aromatic nitrogens is 6. The topological polar surface area (TPSA) is 130 Å². The van der Waals surface area contributed by atoms with Crippen molar-refractivity contribution in [2.75, 3.05) is 19.8 Å². The number of benzene rings is 1. The van der Waals surface area contributed by atoms with Crippen LogP contribution in [0.1, 0.15) is 36.7 Å². The molecule has 2 aliphatic heterocycles. The van der Waals surface area contributed by atoms with Crippen molar-refractivity contribution in [3.63, 3.8) is 0 Å². The maximum Gasteiger partial charge on any atom is 0.241 e. The Hall–Kier alpha value is -4.14. The van der Waals surface area contributed by atoms with E-state index in [1.807, 2.05) is 43.6 Å². The Morgan fingerprint density at radius 1 is 1.32 bits per heavy atom. The molecule has 2 N–H and O–H groups in total. The highest BCUT2D eigenvalue weighted by molar-refractivity contribution is 5.93. The minimum Gasteiger partial charge on any atom is -0.473 e. The highest BCUT2D eigenvalue weighted by atomic mass is 16.5. The van der Waals surface area contributed by atoms with Crippen molar-refractivity contribution in [2.24, 2.45) is 7.05 Å². The minimum atomic E-state index is -0.115. The number of aromatic amines is 1. The van der Waals surface area contributed by atoms with Crippen molar-refractivity contribution >= 4 is 23.1 Å². The molecule has 3 aromatic heterocycles. The predicted molar refractivity (Wildman–Crippen MR) is 141 cm³/mol. The van der Waals surface area contributed by atoms with Gasteiger partial charge in [0.15, 0.2) is 6.61 Å². The quantitative estimate of drug-likeness (QED) is 0.425. The number of nitrogens with zero attached hydrogens (tertiary/aromatic N) is 7. The van der Waals surface area contributed by atoms with Gasteiger partial charge in [0.1, 0.15) is 12.2 Å². The first-order valence-corrected chi connectivity index (χ1v) is 12.9. The van der Waals surface area contributed by atoms with E-state index >= 15 is 0 Å². The fourth-order valence-electron chi connectivity index (χ4n) is 5.59. The molecular formula is C27H30N8O3. The number of rotatable bonds is 4. The fraction of sp³-hybridized carbons (Fsp3) is 0.407. The van der Waals surface area contributed by atoms with E-state index in [1.165, 1.54) is 0 Å². The monoisotopic (exact) mass is 514 g/mol. The Bertz CT molecular complexity index is 1540. The number of aliphatic hydroxyl groups is 1. The van der Waals surface area contributed by atoms with E-state index in [2.05, 4.69) is 38.3 Å². The van der Waals surface area contributed by atoms with E-state index in [1.54, 1.807) is 9.36 Å². The Balaban J connectivity index is 1.54. The smallest absolute Gasteiger partial charge is 0.241 e. The highest BCUT2D eigenvalue weighted by Gasteiger charge is 2.33. The average molecular weight is 515 g/mol. The fourth-order valence-corrected chi connectivity index (χ4v) is 5.59. The van der Waals surface area contributed by atoms with Crippen LogP contribution in [-0.2, 0) is 20.1 Å². The maximum absolute atomic E-state index is 9.77. The molecule has 38 heavy (non-hydrogen) atoms. The van der Waals surface area contributed by atoms with E-state index in [4.69, 9.17) is 14.7 Å². The van der Waals surface area contributed by atoms with Gasteiger partial charge in [-0.15, -0.1) is 5.10 Å². The molecule has 0 saturated carbocycles. The molecule has 0 radical (unpaired) electrons. The molecule has 5 heterocycles. The number of aliphatic hydroxyl groups excluding tert-OH is 1. The van der Waals surface area contributed by atoms with Crippen LogP contribution in [0, 0.1) is 11.3 Å². The van der Waals surface area contributed by atoms with Crippen LogP contribution in [0.3, 0.4) is 0 Å². The lowest BCUT2D eigenvalue weighted by atomic mass is 10.0. The van der Waals surface area contributed by atoms with Crippen LogP contribution < -0.4 is 9.47 Å². The van der Waals surface area contributed by atoms with Crippen molar-refractivity contribution < 1.29 is 14.6 Å². The van der Waals surface area contributed by atoms with E-state index in [0.717, 1.165) is 64.2 Å². The molecule has 0 aliphatic carbocycles. The highest BCUT2D eigenvalue weighted by Crippen LogP contribution is 2.36. The number of nitriles is 1. The molecule has 2 bridgehead atoms. The third kappa shape index (κ3) is 4.21. The van der Waals surface area contributed by atoms with Crippen LogP contribution >= 0.6 is 0 Å². The standard InChI is InChI=1S/C27H30N8O3/c1-17-24-4-3-10-34(24)16-25-19(26(37-13-9-28)32-35(25)11-12-36)6-8-23-20-14-18(5-7-22(20)30-31-23)21-15-29-33(2)27(21)38-17/h5-8,14-15,17,24,36H,3-4,10-13,16H2,1-2H3,(H,30,31)/b8-6+/t17-,24+/m0/s1. The van der Waals surface area contributed by atoms with Crippen molar-refractivity contribution in [1.82, 2.24) is 34.7 Å². The number of ether oxygens (including phenoxy) is 2. The van der Waals surface area contributed by atoms with Gasteiger partial charge in [-0.05, 0) is 56.2 Å². The molecule has 4 aromatic rings. The van der Waals surface area contributed by atoms with Gasteiger partial charge >= 0.3 is 0 Å². The van der Waals surface area contributed by atoms with Crippen molar-refractivity contribution in [2.45, 2.75) is 45.0 Å². The van der Waals surface area contributed by atoms with Gasteiger partial charge in [0.25, 0.3) is 0 Å². The van der Waals surface area contributed by atoms with Crippen LogP contribution in [0.5, 0.6) is 11.8 Å². The van der Waals surface area contributed by atoms with E-state index in [0.29, 0.717) is 19.0 Å². The second-order valence-electron chi connectivity index (χ2n) is 9.75. The lowest BCUT2D eigenvalue weighted by Crippen LogP contribution is -2.41. The first-order valence-electron chi connectivity index (χ1n) is 12.9. The van der Waals surface area contributed by atoms with Gasteiger partial charge in [0.05, 0.1) is 47.4 Å². The largest absolute Gasteiger partial charge is 0.473 e. The molecule has 1 fully saturated rings. The molecular weight excluding hydrogens is 484 g/mol. The van der Waals surface area contributed by atoms with Crippen LogP contribution in [0.4, 0.5) is 0 Å². The lowest BCUT2D eigenvalue weighted by molar-refractivity contribution is 0.0920. The number of hydrogen-bond acceptors (Lipinski definition) is 8. The second-order valence-corrected chi connectivity index (χ2v) is 9.75. The molecule has 0 unspecified atom stereocenters. The number of hydrogen-bond donors (Lipinski definition) is 2. The number of aryl methyl sites for hydroxylation is 1. The molecule has 2 aliphatic rings. The third-order valence-electron chi connectivity index (χ3n) is 7.45. The Morgan fingerprint density at radius 2 is 2.21 bits per heavy atom. The molecule has 0 spiro atoms. The molecule has 1 aromatic carbocycles. The summed E-state index contributed by atoms with van der Waals surface area (Å²) in [5, 5.41) is 36.6. The SMILES string of the molecule is C[C@@H]1Oc2c(cnn2C)-c2ccc3n[nH]c(c3c2)/C=C/c2c(OCC#N)nn(CCO)c2CN2CCC[C@H]12. The van der Waals surface area contributed by atoms with Gasteiger partial charge in [0, 0.05) is 25.0 Å². The lowest BCUT2D eigenvalue weighted by Gasteiger charge is -2.30. The second kappa shape index (κ2) is 9.96. The van der Waals surface area contributed by atoms with Gasteiger partial charge in [-0.1, -0.05) is 6.07 Å². The van der Waals surface area contributed by atoms with Crippen LogP contribution in [-0.4, -0.2) is 71.7 Å². The first-order chi connectivity index (χ1) is 18.6. The van der Waals surface area contributed by atoms with Gasteiger partial charge in [-0.2, -0.15) is 15.5 Å². The van der Waals surface area contributed by atoms with Crippen LogP contribution in [0.15, 0.2) is 24.4 Å². The Labute approximate surface area is 219 Å². The molecule has 6 rings (SSSR count). The summed E-state index contributed by atoms with van der Waals surface area (Å²) in [6, 6.07) is 8.33. The van der Waals surface area contributed by atoms with E-state index in [9.17, 15) is 5.11 Å². The summed E-state index contributed by atoms with van der Waals surface area (Å²) < 4.78 is 15.9. The molecule has 1 saturated heterocycles. The summed E-state index contributed by atoms with van der Waals surface area (Å²) in [6.45, 7) is 3.78. The summed E-state index contributed by atoms with van der Waals surface area (Å²) in [4.78, 5) is 2.41.